The van der Waals surface area contributed by atoms with Crippen LogP contribution in [-0.4, -0.2) is 24.5 Å². The Labute approximate surface area is 175 Å². The molecule has 1 aliphatic rings. The van der Waals surface area contributed by atoms with Crippen molar-refractivity contribution in [3.63, 3.8) is 0 Å². The number of nitrogens with one attached hydrogen (secondary N) is 2. The van der Waals surface area contributed by atoms with E-state index in [0.29, 0.717) is 18.0 Å². The number of anilines is 2. The number of para-hydroxylation sites is 1. The normalized spacial score (nSPS) is 15.7. The minimum atomic E-state index is -0.338. The molecular weight excluding hydrogens is 378 g/mol. The molecule has 4 rings (SSSR count). The highest BCUT2D eigenvalue weighted by Gasteiger charge is 2.31. The standard InChI is InChI=1S/C24H23N3O3/c1-17-7-11-20(12-8-17)27-16-19(15-23(27)28)26-24(29)25-18-9-13-22(14-10-18)30-21-5-3-2-4-6-21/h2-14,19H,15-16H2,1H3,(H2,25,26,29). The van der Waals surface area contributed by atoms with Gasteiger partial charge in [0, 0.05) is 24.3 Å². The highest BCUT2D eigenvalue weighted by Crippen LogP contribution is 2.24. The molecule has 1 fully saturated rings. The summed E-state index contributed by atoms with van der Waals surface area (Å²) in [5.41, 5.74) is 2.64. The lowest BCUT2D eigenvalue weighted by Crippen LogP contribution is -2.39. The minimum Gasteiger partial charge on any atom is -0.457 e. The Morgan fingerprint density at radius 1 is 0.933 bits per heavy atom. The number of amides is 3. The number of nitrogens with zero attached hydrogens (tertiary/aromatic N) is 1. The van der Waals surface area contributed by atoms with E-state index in [0.717, 1.165) is 17.0 Å². The summed E-state index contributed by atoms with van der Waals surface area (Å²) in [7, 11) is 0. The molecular formula is C24H23N3O3. The Hall–Kier alpha value is -3.80. The Kier molecular flexibility index (Phi) is 5.66. The summed E-state index contributed by atoms with van der Waals surface area (Å²) in [5.74, 6) is 1.44. The van der Waals surface area contributed by atoms with Crippen LogP contribution in [0.4, 0.5) is 16.2 Å². The molecule has 1 saturated heterocycles. The molecule has 0 spiro atoms. The molecule has 3 amide bonds. The summed E-state index contributed by atoms with van der Waals surface area (Å²) in [4.78, 5) is 26.4. The molecule has 1 unspecified atom stereocenters. The van der Waals surface area contributed by atoms with Crippen LogP contribution in [-0.2, 0) is 4.79 Å². The van der Waals surface area contributed by atoms with Crippen LogP contribution in [0.3, 0.4) is 0 Å². The molecule has 6 nitrogen and oxygen atoms in total. The van der Waals surface area contributed by atoms with Crippen molar-refractivity contribution in [3.05, 3.63) is 84.4 Å². The van der Waals surface area contributed by atoms with Crippen molar-refractivity contribution in [1.82, 2.24) is 5.32 Å². The van der Waals surface area contributed by atoms with Gasteiger partial charge in [-0.15, -0.1) is 0 Å². The van der Waals surface area contributed by atoms with Gasteiger partial charge in [-0.25, -0.2) is 4.79 Å². The van der Waals surface area contributed by atoms with E-state index in [2.05, 4.69) is 10.6 Å². The van der Waals surface area contributed by atoms with E-state index in [9.17, 15) is 9.59 Å². The van der Waals surface area contributed by atoms with E-state index < -0.39 is 0 Å². The number of carbonyl (C=O) groups excluding carboxylic acids is 2. The van der Waals surface area contributed by atoms with E-state index >= 15 is 0 Å². The van der Waals surface area contributed by atoms with E-state index in [4.69, 9.17) is 4.74 Å². The topological polar surface area (TPSA) is 70.7 Å². The number of benzene rings is 3. The maximum Gasteiger partial charge on any atom is 0.319 e. The predicted molar refractivity (Wildman–Crippen MR) is 117 cm³/mol. The Balaban J connectivity index is 1.30. The first-order valence-corrected chi connectivity index (χ1v) is 9.84. The van der Waals surface area contributed by atoms with Crippen LogP contribution in [0.1, 0.15) is 12.0 Å². The number of aryl methyl sites for hydroxylation is 1. The smallest absolute Gasteiger partial charge is 0.319 e. The Bertz CT molecular complexity index is 1020. The van der Waals surface area contributed by atoms with Gasteiger partial charge < -0.3 is 20.3 Å². The monoisotopic (exact) mass is 401 g/mol. The summed E-state index contributed by atoms with van der Waals surface area (Å²) in [6.45, 7) is 2.46. The summed E-state index contributed by atoms with van der Waals surface area (Å²) in [5, 5.41) is 5.68. The SMILES string of the molecule is Cc1ccc(N2CC(NC(=O)Nc3ccc(Oc4ccccc4)cc3)CC2=O)cc1. The molecule has 1 aliphatic heterocycles. The van der Waals surface area contributed by atoms with Gasteiger partial charge in [0.05, 0.1) is 6.04 Å². The molecule has 30 heavy (non-hydrogen) atoms. The lowest BCUT2D eigenvalue weighted by molar-refractivity contribution is -0.117. The zero-order chi connectivity index (χ0) is 20.9. The lowest BCUT2D eigenvalue weighted by Gasteiger charge is -2.17. The molecule has 1 heterocycles. The van der Waals surface area contributed by atoms with E-state index in [1.165, 1.54) is 0 Å². The summed E-state index contributed by atoms with van der Waals surface area (Å²) >= 11 is 0. The fourth-order valence-electron chi connectivity index (χ4n) is 3.36. The third kappa shape index (κ3) is 4.78. The second-order valence-electron chi connectivity index (χ2n) is 7.28. The second kappa shape index (κ2) is 8.69. The van der Waals surface area contributed by atoms with Crippen LogP contribution in [0.2, 0.25) is 0 Å². The van der Waals surface area contributed by atoms with Crippen molar-refractivity contribution in [3.8, 4) is 11.5 Å². The average molecular weight is 401 g/mol. The van der Waals surface area contributed by atoms with Gasteiger partial charge in [-0.3, -0.25) is 4.79 Å². The third-order valence-electron chi connectivity index (χ3n) is 4.90. The molecule has 3 aromatic rings. The number of hydrogen-bond donors (Lipinski definition) is 2. The number of ether oxygens (including phenoxy) is 1. The van der Waals surface area contributed by atoms with Crippen molar-refractivity contribution in [2.45, 2.75) is 19.4 Å². The Morgan fingerprint density at radius 3 is 2.30 bits per heavy atom. The van der Waals surface area contributed by atoms with Crippen molar-refractivity contribution >= 4 is 23.3 Å². The van der Waals surface area contributed by atoms with Crippen LogP contribution in [0.15, 0.2) is 78.9 Å². The van der Waals surface area contributed by atoms with Crippen molar-refractivity contribution in [1.29, 1.82) is 0 Å². The van der Waals surface area contributed by atoms with Crippen LogP contribution < -0.4 is 20.3 Å². The van der Waals surface area contributed by atoms with Crippen LogP contribution >= 0.6 is 0 Å². The summed E-state index contributed by atoms with van der Waals surface area (Å²) in [6.07, 6.45) is 0.283. The van der Waals surface area contributed by atoms with Crippen LogP contribution in [0.5, 0.6) is 11.5 Å². The maximum atomic E-state index is 12.4. The minimum absolute atomic E-state index is 0.00608. The number of urea groups is 1. The average Bonchev–Trinajstić information content (AvgIpc) is 3.10. The second-order valence-corrected chi connectivity index (χ2v) is 7.28. The van der Waals surface area contributed by atoms with Crippen molar-refractivity contribution in [2.24, 2.45) is 0 Å². The first kappa shape index (κ1) is 19.5. The van der Waals surface area contributed by atoms with Gasteiger partial charge >= 0.3 is 6.03 Å². The predicted octanol–water partition coefficient (Wildman–Crippen LogP) is 4.71. The lowest BCUT2D eigenvalue weighted by atomic mass is 10.2. The fraction of sp³-hybridized carbons (Fsp3) is 0.167. The molecule has 0 bridgehead atoms. The number of carbonyl (C=O) groups is 2. The summed E-state index contributed by atoms with van der Waals surface area (Å²) in [6, 6.07) is 23.9. The van der Waals surface area contributed by atoms with Gasteiger partial charge in [0.2, 0.25) is 5.91 Å². The van der Waals surface area contributed by atoms with E-state index in [1.807, 2.05) is 61.5 Å². The van der Waals surface area contributed by atoms with Gasteiger partial charge in [0.25, 0.3) is 0 Å². The maximum absolute atomic E-state index is 12.4. The Morgan fingerprint density at radius 2 is 1.60 bits per heavy atom. The molecule has 152 valence electrons. The molecule has 0 saturated carbocycles. The van der Waals surface area contributed by atoms with Gasteiger partial charge in [-0.1, -0.05) is 35.9 Å². The first-order valence-electron chi connectivity index (χ1n) is 9.84. The largest absolute Gasteiger partial charge is 0.457 e. The molecule has 6 heteroatoms. The van der Waals surface area contributed by atoms with Gasteiger partial charge in [-0.2, -0.15) is 0 Å². The van der Waals surface area contributed by atoms with E-state index in [1.54, 1.807) is 29.2 Å². The molecule has 0 aromatic heterocycles. The zero-order valence-corrected chi connectivity index (χ0v) is 16.7. The molecule has 0 aliphatic carbocycles. The number of rotatable bonds is 5. The molecule has 2 N–H and O–H groups in total. The van der Waals surface area contributed by atoms with Gasteiger partial charge in [0.15, 0.2) is 0 Å². The fourth-order valence-corrected chi connectivity index (χ4v) is 3.36. The van der Waals surface area contributed by atoms with Crippen molar-refractivity contribution in [2.75, 3.05) is 16.8 Å². The van der Waals surface area contributed by atoms with Gasteiger partial charge in [0.1, 0.15) is 11.5 Å². The number of hydrogen-bond acceptors (Lipinski definition) is 3. The van der Waals surface area contributed by atoms with Crippen LogP contribution in [0, 0.1) is 6.92 Å². The highest BCUT2D eigenvalue weighted by atomic mass is 16.5. The van der Waals surface area contributed by atoms with Crippen LogP contribution in [0.25, 0.3) is 0 Å². The van der Waals surface area contributed by atoms with Crippen molar-refractivity contribution < 1.29 is 14.3 Å². The highest BCUT2D eigenvalue weighted by molar-refractivity contribution is 5.97. The summed E-state index contributed by atoms with van der Waals surface area (Å²) < 4.78 is 5.75. The third-order valence-corrected chi connectivity index (χ3v) is 4.90. The molecule has 0 radical (unpaired) electrons. The van der Waals surface area contributed by atoms with Gasteiger partial charge in [-0.05, 0) is 55.5 Å². The quantitative estimate of drug-likeness (QED) is 0.650. The van der Waals surface area contributed by atoms with E-state index in [-0.39, 0.29) is 24.4 Å². The molecule has 3 aromatic carbocycles. The zero-order valence-electron chi connectivity index (χ0n) is 16.7. The first-order chi connectivity index (χ1) is 14.6. The molecule has 1 atom stereocenters.